The molecule has 2 aromatic rings. The van der Waals surface area contributed by atoms with E-state index in [1.165, 1.54) is 25.9 Å². The van der Waals surface area contributed by atoms with Crippen LogP contribution in [0.25, 0.3) is 11.0 Å². The molecule has 118 valence electrons. The summed E-state index contributed by atoms with van der Waals surface area (Å²) in [6.07, 6.45) is 3.42. The Kier molecular flexibility index (Phi) is 4.63. The van der Waals surface area contributed by atoms with Gasteiger partial charge in [0.25, 0.3) is 0 Å². The molecule has 0 spiro atoms. The van der Waals surface area contributed by atoms with Crippen LogP contribution < -0.4 is 4.74 Å². The summed E-state index contributed by atoms with van der Waals surface area (Å²) >= 11 is 0. The van der Waals surface area contributed by atoms with Crippen molar-refractivity contribution in [3.63, 3.8) is 0 Å². The molecule has 0 saturated carbocycles. The summed E-state index contributed by atoms with van der Waals surface area (Å²) in [4.78, 5) is 14.4. The van der Waals surface area contributed by atoms with E-state index >= 15 is 0 Å². The first-order valence-electron chi connectivity index (χ1n) is 7.73. The number of methoxy groups -OCH3 is 1. The fourth-order valence-corrected chi connectivity index (χ4v) is 2.77. The van der Waals surface area contributed by atoms with E-state index in [9.17, 15) is 4.79 Å². The van der Waals surface area contributed by atoms with Gasteiger partial charge in [-0.25, -0.2) is 4.79 Å². The zero-order chi connectivity index (χ0) is 15.4. The molecule has 1 fully saturated rings. The summed E-state index contributed by atoms with van der Waals surface area (Å²) in [6, 6.07) is 7.17. The largest absolute Gasteiger partial charge is 0.497 e. The Morgan fingerprint density at radius 3 is 2.86 bits per heavy atom. The Morgan fingerprint density at radius 1 is 1.27 bits per heavy atom. The molecule has 0 aliphatic carbocycles. The van der Waals surface area contributed by atoms with Crippen LogP contribution in [-0.2, 0) is 4.74 Å². The van der Waals surface area contributed by atoms with Gasteiger partial charge in [-0.15, -0.1) is 0 Å². The second-order valence-corrected chi connectivity index (χ2v) is 5.55. The Bertz CT molecular complexity index is 643. The maximum atomic E-state index is 12.0. The van der Waals surface area contributed by atoms with Crippen molar-refractivity contribution in [3.05, 3.63) is 30.0 Å². The smallest absolute Gasteiger partial charge is 0.374 e. The lowest BCUT2D eigenvalue weighted by Gasteiger charge is -2.13. The molecule has 0 amide bonds. The molecule has 22 heavy (non-hydrogen) atoms. The number of carbonyl (C=O) groups is 1. The van der Waals surface area contributed by atoms with E-state index < -0.39 is 5.97 Å². The van der Waals surface area contributed by atoms with Gasteiger partial charge in [0.05, 0.1) is 13.7 Å². The molecule has 1 saturated heterocycles. The lowest BCUT2D eigenvalue weighted by atomic mass is 10.2. The number of rotatable bonds is 6. The molecule has 0 N–H and O–H groups in total. The van der Waals surface area contributed by atoms with Crippen molar-refractivity contribution in [2.24, 2.45) is 0 Å². The minimum Gasteiger partial charge on any atom is -0.497 e. The van der Waals surface area contributed by atoms with Crippen molar-refractivity contribution in [2.45, 2.75) is 19.3 Å². The third-order valence-electron chi connectivity index (χ3n) is 3.98. The third kappa shape index (κ3) is 3.42. The first-order valence-corrected chi connectivity index (χ1v) is 7.73. The van der Waals surface area contributed by atoms with E-state index in [1.54, 1.807) is 19.2 Å². The average Bonchev–Trinajstić information content (AvgIpc) is 3.19. The zero-order valence-electron chi connectivity index (χ0n) is 12.8. The van der Waals surface area contributed by atoms with Crippen LogP contribution in [0.3, 0.4) is 0 Å². The second-order valence-electron chi connectivity index (χ2n) is 5.55. The highest BCUT2D eigenvalue weighted by Crippen LogP contribution is 2.24. The zero-order valence-corrected chi connectivity index (χ0v) is 12.8. The molecule has 0 unspecified atom stereocenters. The molecular weight excluding hydrogens is 282 g/mol. The molecule has 0 atom stereocenters. The normalized spacial score (nSPS) is 15.3. The van der Waals surface area contributed by atoms with E-state index in [2.05, 4.69) is 4.90 Å². The van der Waals surface area contributed by atoms with E-state index in [1.807, 2.05) is 12.1 Å². The van der Waals surface area contributed by atoms with Crippen molar-refractivity contribution in [2.75, 3.05) is 33.4 Å². The lowest BCUT2D eigenvalue weighted by Crippen LogP contribution is -2.22. The van der Waals surface area contributed by atoms with Crippen molar-refractivity contribution in [3.8, 4) is 5.75 Å². The van der Waals surface area contributed by atoms with Gasteiger partial charge in [-0.2, -0.15) is 0 Å². The average molecular weight is 303 g/mol. The number of likely N-dealkylation sites (tertiary alicyclic amines) is 1. The van der Waals surface area contributed by atoms with Crippen LogP contribution in [0.1, 0.15) is 29.8 Å². The van der Waals surface area contributed by atoms with E-state index in [0.29, 0.717) is 17.9 Å². The van der Waals surface area contributed by atoms with Crippen molar-refractivity contribution in [1.82, 2.24) is 4.90 Å². The fraction of sp³-hybridized carbons (Fsp3) is 0.471. The first-order chi connectivity index (χ1) is 10.8. The summed E-state index contributed by atoms with van der Waals surface area (Å²) in [7, 11) is 1.60. The molecular formula is C17H21NO4. The van der Waals surface area contributed by atoms with Crippen LogP contribution in [0.15, 0.2) is 28.7 Å². The van der Waals surface area contributed by atoms with Gasteiger partial charge in [-0.05, 0) is 50.6 Å². The fourth-order valence-electron chi connectivity index (χ4n) is 2.77. The van der Waals surface area contributed by atoms with Gasteiger partial charge < -0.3 is 18.8 Å². The standard InChI is InChI=1S/C17H21NO4/c1-20-14-6-5-13-11-16(22-15(13)12-14)17(19)21-10-4-9-18-7-2-3-8-18/h5-6,11-12H,2-4,7-10H2,1H3. The van der Waals surface area contributed by atoms with Crippen molar-refractivity contribution >= 4 is 16.9 Å². The van der Waals surface area contributed by atoms with Gasteiger partial charge in [-0.3, -0.25) is 0 Å². The van der Waals surface area contributed by atoms with Crippen LogP contribution >= 0.6 is 0 Å². The summed E-state index contributed by atoms with van der Waals surface area (Å²) in [5.74, 6) is 0.536. The van der Waals surface area contributed by atoms with E-state index in [-0.39, 0.29) is 5.76 Å². The van der Waals surface area contributed by atoms with Crippen molar-refractivity contribution < 1.29 is 18.7 Å². The number of benzene rings is 1. The van der Waals surface area contributed by atoms with Gasteiger partial charge in [0.1, 0.15) is 11.3 Å². The van der Waals surface area contributed by atoms with Gasteiger partial charge in [0.2, 0.25) is 5.76 Å². The molecule has 1 aliphatic heterocycles. The number of ether oxygens (including phenoxy) is 2. The van der Waals surface area contributed by atoms with Crippen LogP contribution in [0.2, 0.25) is 0 Å². The van der Waals surface area contributed by atoms with Crippen LogP contribution in [0.5, 0.6) is 5.75 Å². The maximum absolute atomic E-state index is 12.0. The summed E-state index contributed by atoms with van der Waals surface area (Å²) in [5, 5.41) is 0.866. The molecule has 1 aromatic carbocycles. The van der Waals surface area contributed by atoms with Crippen LogP contribution in [0.4, 0.5) is 0 Å². The highest BCUT2D eigenvalue weighted by molar-refractivity contribution is 5.92. The number of fused-ring (bicyclic) bond motifs is 1. The quantitative estimate of drug-likeness (QED) is 0.606. The predicted octanol–water partition coefficient (Wildman–Crippen LogP) is 3.08. The minimum absolute atomic E-state index is 0.240. The Labute approximate surface area is 129 Å². The first kappa shape index (κ1) is 14.9. The lowest BCUT2D eigenvalue weighted by molar-refractivity contribution is 0.0457. The monoisotopic (exact) mass is 303 g/mol. The van der Waals surface area contributed by atoms with E-state index in [4.69, 9.17) is 13.9 Å². The van der Waals surface area contributed by atoms with Gasteiger partial charge in [0, 0.05) is 18.0 Å². The predicted molar refractivity (Wildman–Crippen MR) is 83.3 cm³/mol. The van der Waals surface area contributed by atoms with Gasteiger partial charge >= 0.3 is 5.97 Å². The molecule has 0 bridgehead atoms. The topological polar surface area (TPSA) is 51.9 Å². The summed E-state index contributed by atoms with van der Waals surface area (Å²) < 4.78 is 16.0. The third-order valence-corrected chi connectivity index (χ3v) is 3.98. The second kappa shape index (κ2) is 6.83. The number of esters is 1. The Morgan fingerprint density at radius 2 is 2.09 bits per heavy atom. The molecule has 2 heterocycles. The Hall–Kier alpha value is -2.01. The number of furan rings is 1. The Balaban J connectivity index is 1.53. The SMILES string of the molecule is COc1ccc2cc(C(=O)OCCCN3CCCC3)oc2c1. The molecule has 0 radical (unpaired) electrons. The van der Waals surface area contributed by atoms with E-state index in [0.717, 1.165) is 18.4 Å². The maximum Gasteiger partial charge on any atom is 0.374 e. The number of carbonyl (C=O) groups excluding carboxylic acids is 1. The van der Waals surface area contributed by atoms with Gasteiger partial charge in [0.15, 0.2) is 0 Å². The molecule has 5 nitrogen and oxygen atoms in total. The highest BCUT2D eigenvalue weighted by atomic mass is 16.5. The van der Waals surface area contributed by atoms with Crippen LogP contribution in [0, 0.1) is 0 Å². The van der Waals surface area contributed by atoms with Crippen molar-refractivity contribution in [1.29, 1.82) is 0 Å². The number of nitrogens with zero attached hydrogens (tertiary/aromatic N) is 1. The molecule has 1 aromatic heterocycles. The number of hydrogen-bond donors (Lipinski definition) is 0. The number of hydrogen-bond acceptors (Lipinski definition) is 5. The molecule has 1 aliphatic rings. The molecule has 5 heteroatoms. The van der Waals surface area contributed by atoms with Crippen LogP contribution in [-0.4, -0.2) is 44.2 Å². The summed E-state index contributed by atoms with van der Waals surface area (Å²) in [5.41, 5.74) is 0.628. The highest BCUT2D eigenvalue weighted by Gasteiger charge is 2.15. The minimum atomic E-state index is -0.406. The molecule has 3 rings (SSSR count). The van der Waals surface area contributed by atoms with Gasteiger partial charge in [-0.1, -0.05) is 0 Å². The summed E-state index contributed by atoms with van der Waals surface area (Å²) in [6.45, 7) is 3.75.